The van der Waals surface area contributed by atoms with Gasteiger partial charge in [0.15, 0.2) is 5.50 Å². The van der Waals surface area contributed by atoms with E-state index >= 15 is 0 Å². The maximum absolute atomic E-state index is 8.93. The molecule has 11 heteroatoms. The molecule has 138 valence electrons. The summed E-state index contributed by atoms with van der Waals surface area (Å²) in [5, 5.41) is 28.8. The molecule has 7 nitrogen and oxygen atoms in total. The van der Waals surface area contributed by atoms with Gasteiger partial charge in [0.2, 0.25) is 0 Å². The van der Waals surface area contributed by atoms with Crippen LogP contribution >= 0.6 is 26.4 Å². The molecule has 0 spiro atoms. The van der Waals surface area contributed by atoms with Crippen molar-refractivity contribution < 1.29 is 38.1 Å². The summed E-state index contributed by atoms with van der Waals surface area (Å²) in [5.41, 5.74) is 10.9. The second kappa shape index (κ2) is 14.6. The van der Waals surface area contributed by atoms with Gasteiger partial charge in [0.25, 0.3) is 0 Å². The van der Waals surface area contributed by atoms with Crippen molar-refractivity contribution in [1.29, 1.82) is 0 Å². The van der Waals surface area contributed by atoms with Crippen molar-refractivity contribution in [2.45, 2.75) is 31.7 Å². The van der Waals surface area contributed by atoms with Gasteiger partial charge in [-0.1, -0.05) is 6.92 Å². The van der Waals surface area contributed by atoms with Crippen LogP contribution in [0, 0.1) is 0 Å². The first-order valence-corrected chi connectivity index (χ1v) is 19.0. The van der Waals surface area contributed by atoms with Gasteiger partial charge in [-0.15, -0.1) is 0 Å². The Kier molecular flexibility index (Phi) is 16.9. The number of rotatable bonds is 11. The molecule has 2 atom stereocenters. The predicted molar refractivity (Wildman–Crippen MR) is 106 cm³/mol. The van der Waals surface area contributed by atoms with Crippen LogP contribution < -0.4 is 21.7 Å². The smallest absolute Gasteiger partial charge is 0.156 e. The van der Waals surface area contributed by atoms with E-state index in [0.29, 0.717) is 24.0 Å². The van der Waals surface area contributed by atoms with Crippen LogP contribution in [0.3, 0.4) is 0 Å². The third-order valence-corrected chi connectivity index (χ3v) is 18.1. The van der Waals surface area contributed by atoms with E-state index in [1.165, 1.54) is 11.9 Å². The van der Waals surface area contributed by atoms with E-state index in [9.17, 15) is 0 Å². The summed E-state index contributed by atoms with van der Waals surface area (Å²) in [4.78, 5) is -1.10. The molecular weight excluding hydrogens is 543 g/mol. The van der Waals surface area contributed by atoms with Crippen molar-refractivity contribution in [2.24, 2.45) is 21.7 Å². The molecule has 0 aromatic heterocycles. The van der Waals surface area contributed by atoms with Gasteiger partial charge in [-0.25, -0.2) is 0 Å². The van der Waals surface area contributed by atoms with E-state index in [-0.39, 0.29) is 22.9 Å². The molecule has 0 fully saturated rings. The molecule has 10 N–H and O–H groups in total. The summed E-state index contributed by atoms with van der Waals surface area (Å²) < 4.78 is 0.731. The van der Waals surface area contributed by atoms with E-state index < -0.39 is 10.3 Å². The molecule has 0 aromatic carbocycles. The Morgan fingerprint density at radius 1 is 1.22 bits per heavy atom. The standard InChI is InChI=1S/C10H26N3O2S.C2H8N2S2.Hg/c1-2-5-13(6-3-8-14,7-4-9-15)16-10(11)12;1-5(3)6(2)4;/h10,14-15H,2-9,11-12H2,1H3;1-4H2;/q+1;;. The maximum atomic E-state index is 8.93. The first-order chi connectivity index (χ1) is 10.5. The minimum atomic E-state index is -1.10. The van der Waals surface area contributed by atoms with Crippen LogP contribution in [0.1, 0.15) is 26.2 Å². The molecule has 0 amide bonds. The molecule has 0 aromatic rings. The van der Waals surface area contributed by atoms with Gasteiger partial charge in [-0.05, 0) is 6.42 Å². The Balaban J connectivity index is 0. The minimum absolute atomic E-state index is 0.184. The Hall–Kier alpha value is 1.45. The van der Waals surface area contributed by atoms with Crippen LogP contribution in [0.2, 0.25) is 0 Å². The SMILES string of the molecule is C=S(N)[S](=C)(N)=[Hg].CCC[N+](CCCO)(CCCO)SC(N)N. The monoisotopic (exact) mass is 578 g/mol. The molecule has 0 heterocycles. The average molecular weight is 577 g/mol. The van der Waals surface area contributed by atoms with Gasteiger partial charge < -0.3 is 21.7 Å². The van der Waals surface area contributed by atoms with Crippen LogP contribution in [0.4, 0.5) is 0 Å². The summed E-state index contributed by atoms with van der Waals surface area (Å²) >= 11 is 2.03. The second-order valence-corrected chi connectivity index (χ2v) is 29.4. The Bertz CT molecular complexity index is 413. The molecule has 0 saturated heterocycles. The van der Waals surface area contributed by atoms with Crippen LogP contribution in [-0.4, -0.2) is 64.2 Å². The van der Waals surface area contributed by atoms with Gasteiger partial charge >= 0.3 is 60.5 Å². The number of aliphatic hydroxyl groups excluding tert-OH is 2. The number of hydrogen-bond donors (Lipinski definition) is 6. The van der Waals surface area contributed by atoms with E-state index in [1.54, 1.807) is 0 Å². The maximum Gasteiger partial charge on any atom is 0.156 e. The van der Waals surface area contributed by atoms with Gasteiger partial charge in [-0.2, -0.15) is 0 Å². The van der Waals surface area contributed by atoms with Gasteiger partial charge in [0.1, 0.15) is 11.9 Å². The van der Waals surface area contributed by atoms with E-state index in [0.717, 1.165) is 42.8 Å². The fourth-order valence-corrected chi connectivity index (χ4v) is 3.15. The molecule has 0 rings (SSSR count). The fourth-order valence-electron chi connectivity index (χ4n) is 1.88. The molecule has 0 aliphatic carbocycles. The van der Waals surface area contributed by atoms with Crippen LogP contribution in [-0.2, 0) is 24.0 Å². The van der Waals surface area contributed by atoms with E-state index in [4.69, 9.17) is 32.0 Å². The molecule has 0 aliphatic rings. The summed E-state index contributed by atoms with van der Waals surface area (Å²) in [5.74, 6) is 7.36. The first kappa shape index (κ1) is 26.7. The van der Waals surface area contributed by atoms with Crippen molar-refractivity contribution in [3.8, 4) is 0 Å². The minimum Gasteiger partial charge on any atom is -0.396 e. The van der Waals surface area contributed by atoms with Gasteiger partial charge in [0, 0.05) is 26.1 Å². The normalized spacial score (nSPS) is 15.7. The molecular formula is C12H34HgN5O2S3+. The Morgan fingerprint density at radius 2 is 1.61 bits per heavy atom. The largest absolute Gasteiger partial charge is 0.396 e. The summed E-state index contributed by atoms with van der Waals surface area (Å²) in [7, 11) is -0.346. The molecule has 23 heavy (non-hydrogen) atoms. The van der Waals surface area contributed by atoms with Gasteiger partial charge in [-0.3, -0.25) is 3.89 Å². The number of nitrogens with two attached hydrogens (primary N) is 4. The quantitative estimate of drug-likeness (QED) is 0.0502. The molecule has 2 unspecified atom stereocenters. The topological polar surface area (TPSA) is 145 Å². The zero-order valence-electron chi connectivity index (χ0n) is 14.2. The fraction of sp³-hybridized carbons (Fsp3) is 0.833. The summed E-state index contributed by atoms with van der Waals surface area (Å²) in [6.07, 6.45) is 2.52. The zero-order valence-corrected chi connectivity index (χ0v) is 22.2. The van der Waals surface area contributed by atoms with E-state index in [1.807, 2.05) is 0 Å². The van der Waals surface area contributed by atoms with Crippen molar-refractivity contribution >= 4 is 38.2 Å². The van der Waals surface area contributed by atoms with Crippen molar-refractivity contribution in [3.05, 3.63) is 0 Å². The third kappa shape index (κ3) is 15.4. The molecule has 0 aliphatic heterocycles. The summed E-state index contributed by atoms with van der Waals surface area (Å²) in [6, 6.07) is 0. The molecule has 0 radical (unpaired) electrons. The number of hydrogen-bond acceptors (Lipinski definition) is 7. The predicted octanol–water partition coefficient (Wildman–Crippen LogP) is -0.125. The first-order valence-electron chi connectivity index (χ1n) is 7.38. The molecule has 0 bridgehead atoms. The van der Waals surface area contributed by atoms with E-state index in [2.05, 4.69) is 18.7 Å². The Labute approximate surface area is 161 Å². The summed E-state index contributed by atoms with van der Waals surface area (Å²) in [6.45, 7) is 5.15. The Morgan fingerprint density at radius 3 is 1.83 bits per heavy atom. The molecule has 0 saturated carbocycles. The van der Waals surface area contributed by atoms with Crippen LogP contribution in [0.15, 0.2) is 0 Å². The van der Waals surface area contributed by atoms with Crippen LogP contribution in [0.5, 0.6) is 0 Å². The number of nitrogens with zero attached hydrogens (tertiary/aromatic N) is 1. The van der Waals surface area contributed by atoms with Gasteiger partial charge in [0.05, 0.1) is 19.6 Å². The number of aliphatic hydroxyl groups is 2. The van der Waals surface area contributed by atoms with Crippen molar-refractivity contribution in [3.63, 3.8) is 0 Å². The van der Waals surface area contributed by atoms with Crippen LogP contribution in [0.25, 0.3) is 0 Å². The zero-order chi connectivity index (χ0) is 18.5. The second-order valence-electron chi connectivity index (χ2n) is 5.20. The average Bonchev–Trinajstić information content (AvgIpc) is 2.42. The van der Waals surface area contributed by atoms with Crippen molar-refractivity contribution in [1.82, 2.24) is 0 Å². The third-order valence-electron chi connectivity index (χ3n) is 2.85. The van der Waals surface area contributed by atoms with Crippen molar-refractivity contribution in [2.75, 3.05) is 32.8 Å². The number of quaternary nitrogens is 1.